The van der Waals surface area contributed by atoms with Crippen LogP contribution >= 0.6 is 15.9 Å². The third-order valence-corrected chi connectivity index (χ3v) is 3.55. The Balaban J connectivity index is 2.55. The molecule has 0 atom stereocenters. The van der Waals surface area contributed by atoms with E-state index in [2.05, 4.69) is 71.4 Å². The Labute approximate surface area is 103 Å². The van der Waals surface area contributed by atoms with Crippen molar-refractivity contribution >= 4 is 37.5 Å². The maximum Gasteiger partial charge on any atom is 0.0181 e. The largest absolute Gasteiger partial charge is 0.0613 e. The fourth-order valence-electron chi connectivity index (χ4n) is 2.23. The number of hydrogen-bond donors (Lipinski definition) is 0. The summed E-state index contributed by atoms with van der Waals surface area (Å²) in [5.74, 6) is 0. The highest BCUT2D eigenvalue weighted by molar-refractivity contribution is 9.10. The van der Waals surface area contributed by atoms with E-state index >= 15 is 0 Å². The summed E-state index contributed by atoms with van der Waals surface area (Å²) in [5, 5.41) is 5.29. The molecule has 0 unspecified atom stereocenters. The number of halogens is 1. The van der Waals surface area contributed by atoms with Crippen molar-refractivity contribution in [1.82, 2.24) is 0 Å². The molecule has 0 spiro atoms. The molecule has 0 fully saturated rings. The van der Waals surface area contributed by atoms with Crippen LogP contribution in [0.3, 0.4) is 0 Å². The van der Waals surface area contributed by atoms with Gasteiger partial charge in [-0.05, 0) is 46.2 Å². The van der Waals surface area contributed by atoms with Crippen molar-refractivity contribution in [1.29, 1.82) is 0 Å². The summed E-state index contributed by atoms with van der Waals surface area (Å²) in [6.45, 7) is 2.16. The third-order valence-electron chi connectivity index (χ3n) is 3.06. The van der Waals surface area contributed by atoms with Gasteiger partial charge in [-0.25, -0.2) is 0 Å². The molecule has 0 bridgehead atoms. The molecule has 3 rings (SSSR count). The summed E-state index contributed by atoms with van der Waals surface area (Å²) in [6.07, 6.45) is 0. The van der Waals surface area contributed by atoms with E-state index in [0.717, 1.165) is 4.47 Å². The maximum atomic E-state index is 3.51. The molecule has 0 aromatic heterocycles. The topological polar surface area (TPSA) is 0 Å². The number of aryl methyl sites for hydroxylation is 1. The van der Waals surface area contributed by atoms with Gasteiger partial charge in [0, 0.05) is 4.47 Å². The molecule has 3 aromatic rings. The molecule has 0 aliphatic heterocycles. The second-order valence-electron chi connectivity index (χ2n) is 4.10. The van der Waals surface area contributed by atoms with Crippen LogP contribution in [0.2, 0.25) is 0 Å². The van der Waals surface area contributed by atoms with Crippen molar-refractivity contribution < 1.29 is 0 Å². The quantitative estimate of drug-likeness (QED) is 0.501. The first-order chi connectivity index (χ1) is 7.75. The van der Waals surface area contributed by atoms with Crippen LogP contribution in [0.5, 0.6) is 0 Å². The molecule has 0 radical (unpaired) electrons. The van der Waals surface area contributed by atoms with Gasteiger partial charge in [-0.2, -0.15) is 0 Å². The molecule has 0 aliphatic rings. The smallest absolute Gasteiger partial charge is 0.0181 e. The minimum atomic E-state index is 1.13. The van der Waals surface area contributed by atoms with Crippen LogP contribution < -0.4 is 0 Å². The standard InChI is InChI=1S/C15H11Br/c1-10-3-2-4-15-13(10)7-5-11-9-12(16)6-8-14(11)15/h2-9H,1H3. The molecular weight excluding hydrogens is 260 g/mol. The lowest BCUT2D eigenvalue weighted by atomic mass is 9.99. The van der Waals surface area contributed by atoms with Gasteiger partial charge in [-0.3, -0.25) is 0 Å². The van der Waals surface area contributed by atoms with Crippen LogP contribution in [0.15, 0.2) is 53.0 Å². The highest BCUT2D eigenvalue weighted by atomic mass is 79.9. The highest BCUT2D eigenvalue weighted by Crippen LogP contribution is 2.29. The first-order valence-electron chi connectivity index (χ1n) is 5.33. The van der Waals surface area contributed by atoms with Gasteiger partial charge in [-0.1, -0.05) is 52.3 Å². The Hall–Kier alpha value is -1.34. The Morgan fingerprint density at radius 3 is 2.50 bits per heavy atom. The second-order valence-corrected chi connectivity index (χ2v) is 5.02. The molecule has 0 heterocycles. The Morgan fingerprint density at radius 1 is 0.812 bits per heavy atom. The van der Waals surface area contributed by atoms with E-state index in [1.807, 2.05) is 0 Å². The minimum Gasteiger partial charge on any atom is -0.0613 e. The Bertz CT molecular complexity index is 683. The van der Waals surface area contributed by atoms with Crippen LogP contribution in [0.4, 0.5) is 0 Å². The number of fused-ring (bicyclic) bond motifs is 3. The highest BCUT2D eigenvalue weighted by Gasteiger charge is 2.02. The van der Waals surface area contributed by atoms with Crippen molar-refractivity contribution in [3.05, 3.63) is 58.6 Å². The van der Waals surface area contributed by atoms with Crippen LogP contribution in [-0.4, -0.2) is 0 Å². The minimum absolute atomic E-state index is 1.13. The molecule has 0 saturated carbocycles. The van der Waals surface area contributed by atoms with Crippen molar-refractivity contribution in [2.45, 2.75) is 6.92 Å². The summed E-state index contributed by atoms with van der Waals surface area (Å²) < 4.78 is 1.13. The lowest BCUT2D eigenvalue weighted by molar-refractivity contribution is 1.54. The van der Waals surface area contributed by atoms with E-state index in [-0.39, 0.29) is 0 Å². The van der Waals surface area contributed by atoms with Crippen molar-refractivity contribution in [2.75, 3.05) is 0 Å². The monoisotopic (exact) mass is 270 g/mol. The molecule has 0 nitrogen and oxygen atoms in total. The van der Waals surface area contributed by atoms with Gasteiger partial charge >= 0.3 is 0 Å². The average molecular weight is 271 g/mol. The predicted octanol–water partition coefficient (Wildman–Crippen LogP) is 5.06. The second kappa shape index (κ2) is 3.60. The van der Waals surface area contributed by atoms with E-state index in [1.165, 1.54) is 27.1 Å². The lowest BCUT2D eigenvalue weighted by Gasteiger charge is -2.06. The van der Waals surface area contributed by atoms with E-state index in [9.17, 15) is 0 Å². The molecule has 16 heavy (non-hydrogen) atoms. The zero-order valence-corrected chi connectivity index (χ0v) is 10.6. The van der Waals surface area contributed by atoms with E-state index < -0.39 is 0 Å². The molecule has 0 N–H and O–H groups in total. The Morgan fingerprint density at radius 2 is 1.62 bits per heavy atom. The zero-order chi connectivity index (χ0) is 11.1. The van der Waals surface area contributed by atoms with Gasteiger partial charge in [0.1, 0.15) is 0 Å². The Kier molecular flexibility index (Phi) is 2.22. The van der Waals surface area contributed by atoms with Gasteiger partial charge in [0.25, 0.3) is 0 Å². The van der Waals surface area contributed by atoms with Crippen LogP contribution in [-0.2, 0) is 0 Å². The van der Waals surface area contributed by atoms with Crippen molar-refractivity contribution in [2.24, 2.45) is 0 Å². The predicted molar refractivity (Wildman–Crippen MR) is 73.9 cm³/mol. The van der Waals surface area contributed by atoms with Gasteiger partial charge in [0.2, 0.25) is 0 Å². The zero-order valence-electron chi connectivity index (χ0n) is 9.00. The number of rotatable bonds is 0. The van der Waals surface area contributed by atoms with Gasteiger partial charge < -0.3 is 0 Å². The van der Waals surface area contributed by atoms with Crippen molar-refractivity contribution in [3.63, 3.8) is 0 Å². The first-order valence-corrected chi connectivity index (χ1v) is 6.12. The van der Waals surface area contributed by atoms with Gasteiger partial charge in [0.05, 0.1) is 0 Å². The molecule has 0 aliphatic carbocycles. The number of hydrogen-bond acceptors (Lipinski definition) is 0. The van der Waals surface area contributed by atoms with E-state index in [1.54, 1.807) is 0 Å². The van der Waals surface area contributed by atoms with Gasteiger partial charge in [0.15, 0.2) is 0 Å². The summed E-state index contributed by atoms with van der Waals surface area (Å²) in [4.78, 5) is 0. The van der Waals surface area contributed by atoms with Gasteiger partial charge in [-0.15, -0.1) is 0 Å². The molecular formula is C15H11Br. The summed E-state index contributed by atoms with van der Waals surface area (Å²) in [5.41, 5.74) is 1.34. The first kappa shape index (κ1) is 9.86. The normalized spacial score (nSPS) is 11.1. The molecule has 0 amide bonds. The molecule has 1 heteroatoms. The fraction of sp³-hybridized carbons (Fsp3) is 0.0667. The van der Waals surface area contributed by atoms with E-state index in [4.69, 9.17) is 0 Å². The molecule has 78 valence electrons. The van der Waals surface area contributed by atoms with Crippen molar-refractivity contribution in [3.8, 4) is 0 Å². The van der Waals surface area contributed by atoms with E-state index in [0.29, 0.717) is 0 Å². The van der Waals surface area contributed by atoms with Crippen LogP contribution in [0.1, 0.15) is 5.56 Å². The third kappa shape index (κ3) is 1.43. The molecule has 3 aromatic carbocycles. The average Bonchev–Trinajstić information content (AvgIpc) is 2.28. The van der Waals surface area contributed by atoms with Crippen LogP contribution in [0.25, 0.3) is 21.5 Å². The summed E-state index contributed by atoms with van der Waals surface area (Å²) in [7, 11) is 0. The maximum absolute atomic E-state index is 3.51. The lowest BCUT2D eigenvalue weighted by Crippen LogP contribution is -1.80. The molecule has 0 saturated heterocycles. The summed E-state index contributed by atoms with van der Waals surface area (Å²) >= 11 is 3.51. The van der Waals surface area contributed by atoms with Crippen LogP contribution in [0, 0.1) is 6.92 Å². The SMILES string of the molecule is Cc1cccc2c1ccc1cc(Br)ccc12. The summed E-state index contributed by atoms with van der Waals surface area (Å²) in [6, 6.07) is 17.3. The number of benzene rings is 3. The fourth-order valence-corrected chi connectivity index (χ4v) is 2.61.